The Labute approximate surface area is 115 Å². The van der Waals surface area contributed by atoms with Crippen LogP contribution in [-0.2, 0) is 4.79 Å². The minimum absolute atomic E-state index is 0.151. The van der Waals surface area contributed by atoms with Crippen LogP contribution in [0.1, 0.15) is 25.7 Å². The first-order chi connectivity index (χ1) is 8.25. The van der Waals surface area contributed by atoms with E-state index in [0.29, 0.717) is 11.8 Å². The quantitative estimate of drug-likeness (QED) is 0.860. The number of thioether (sulfide) groups is 1. The van der Waals surface area contributed by atoms with Gasteiger partial charge in [0.1, 0.15) is 0 Å². The number of amides is 1. The summed E-state index contributed by atoms with van der Waals surface area (Å²) < 4.78 is 1.05. The molecule has 1 aliphatic rings. The van der Waals surface area contributed by atoms with E-state index >= 15 is 0 Å². The number of carbonyl (C=O) groups is 1. The van der Waals surface area contributed by atoms with E-state index in [-0.39, 0.29) is 5.91 Å². The Bertz CT molecular complexity index is 391. The van der Waals surface area contributed by atoms with Crippen molar-refractivity contribution in [2.24, 2.45) is 0 Å². The molecule has 0 saturated heterocycles. The average molecular weight is 314 g/mol. The average Bonchev–Trinajstić information content (AvgIpc) is 2.81. The van der Waals surface area contributed by atoms with Gasteiger partial charge in [-0.15, -0.1) is 11.8 Å². The molecular formula is C13H16BrNOS. The Kier molecular flexibility index (Phi) is 4.92. The van der Waals surface area contributed by atoms with Crippen molar-refractivity contribution in [2.75, 3.05) is 5.75 Å². The molecule has 1 aromatic carbocycles. The molecule has 1 N–H and O–H groups in total. The molecule has 1 fully saturated rings. The van der Waals surface area contributed by atoms with Crippen LogP contribution in [0.5, 0.6) is 0 Å². The van der Waals surface area contributed by atoms with E-state index in [1.165, 1.54) is 12.8 Å². The van der Waals surface area contributed by atoms with E-state index in [1.807, 2.05) is 24.3 Å². The SMILES string of the molecule is O=C(CSc1ccccc1Br)NC1CCCC1. The molecule has 17 heavy (non-hydrogen) atoms. The molecule has 92 valence electrons. The van der Waals surface area contributed by atoms with Crippen molar-refractivity contribution < 1.29 is 4.79 Å². The molecule has 1 aliphatic carbocycles. The van der Waals surface area contributed by atoms with Crippen LogP contribution in [0.25, 0.3) is 0 Å². The Morgan fingerprint density at radius 2 is 2.06 bits per heavy atom. The standard InChI is InChI=1S/C13H16BrNOS/c14-11-7-3-4-8-12(11)17-9-13(16)15-10-5-1-2-6-10/h3-4,7-8,10H,1-2,5-6,9H2,(H,15,16). The van der Waals surface area contributed by atoms with Gasteiger partial charge in [0.2, 0.25) is 5.91 Å². The van der Waals surface area contributed by atoms with E-state index in [9.17, 15) is 4.79 Å². The van der Waals surface area contributed by atoms with Gasteiger partial charge in [0.05, 0.1) is 5.75 Å². The lowest BCUT2D eigenvalue weighted by atomic mass is 10.2. The number of halogens is 1. The molecular weight excluding hydrogens is 298 g/mol. The minimum Gasteiger partial charge on any atom is -0.353 e. The first kappa shape index (κ1) is 13.0. The third-order valence-electron chi connectivity index (χ3n) is 2.92. The van der Waals surface area contributed by atoms with Crippen molar-refractivity contribution in [1.29, 1.82) is 0 Å². The van der Waals surface area contributed by atoms with Crippen molar-refractivity contribution in [2.45, 2.75) is 36.6 Å². The molecule has 2 rings (SSSR count). The van der Waals surface area contributed by atoms with Gasteiger partial charge < -0.3 is 5.32 Å². The molecule has 2 nitrogen and oxygen atoms in total. The van der Waals surface area contributed by atoms with Crippen LogP contribution in [0.15, 0.2) is 33.6 Å². The second-order valence-corrected chi connectivity index (χ2v) is 6.14. The molecule has 0 unspecified atom stereocenters. The second kappa shape index (κ2) is 6.45. The van der Waals surface area contributed by atoms with Gasteiger partial charge in [-0.3, -0.25) is 4.79 Å². The van der Waals surface area contributed by atoms with Crippen molar-refractivity contribution in [3.05, 3.63) is 28.7 Å². The lowest BCUT2D eigenvalue weighted by molar-refractivity contribution is -0.119. The molecule has 0 radical (unpaired) electrons. The van der Waals surface area contributed by atoms with Crippen LogP contribution in [0, 0.1) is 0 Å². The van der Waals surface area contributed by atoms with Crippen LogP contribution in [-0.4, -0.2) is 17.7 Å². The van der Waals surface area contributed by atoms with Crippen LogP contribution >= 0.6 is 27.7 Å². The highest BCUT2D eigenvalue weighted by Crippen LogP contribution is 2.27. The number of carbonyl (C=O) groups excluding carboxylic acids is 1. The Morgan fingerprint density at radius 1 is 1.35 bits per heavy atom. The minimum atomic E-state index is 0.151. The number of rotatable bonds is 4. The zero-order valence-corrected chi connectivity index (χ0v) is 12.0. The smallest absolute Gasteiger partial charge is 0.230 e. The third-order valence-corrected chi connectivity index (χ3v) is 4.94. The van der Waals surface area contributed by atoms with Crippen molar-refractivity contribution in [1.82, 2.24) is 5.32 Å². The van der Waals surface area contributed by atoms with E-state index in [4.69, 9.17) is 0 Å². The van der Waals surface area contributed by atoms with Gasteiger partial charge in [0.15, 0.2) is 0 Å². The highest BCUT2D eigenvalue weighted by Gasteiger charge is 2.17. The molecule has 1 saturated carbocycles. The van der Waals surface area contributed by atoms with Gasteiger partial charge in [-0.25, -0.2) is 0 Å². The fourth-order valence-electron chi connectivity index (χ4n) is 2.04. The predicted molar refractivity (Wildman–Crippen MR) is 75.3 cm³/mol. The van der Waals surface area contributed by atoms with Gasteiger partial charge in [-0.2, -0.15) is 0 Å². The Hall–Kier alpha value is -0.480. The van der Waals surface area contributed by atoms with E-state index < -0.39 is 0 Å². The summed E-state index contributed by atoms with van der Waals surface area (Å²) in [6, 6.07) is 8.41. The zero-order valence-electron chi connectivity index (χ0n) is 9.62. The van der Waals surface area contributed by atoms with Gasteiger partial charge in [0, 0.05) is 15.4 Å². The maximum Gasteiger partial charge on any atom is 0.230 e. The zero-order chi connectivity index (χ0) is 12.1. The summed E-state index contributed by atoms with van der Waals surface area (Å²) in [4.78, 5) is 12.9. The molecule has 0 heterocycles. The number of hydrogen-bond acceptors (Lipinski definition) is 2. The summed E-state index contributed by atoms with van der Waals surface area (Å²) in [6.07, 6.45) is 4.79. The lowest BCUT2D eigenvalue weighted by Gasteiger charge is -2.11. The maximum absolute atomic E-state index is 11.7. The van der Waals surface area contributed by atoms with Gasteiger partial charge >= 0.3 is 0 Å². The summed E-state index contributed by atoms with van der Waals surface area (Å²) in [6.45, 7) is 0. The van der Waals surface area contributed by atoms with Crippen LogP contribution < -0.4 is 5.32 Å². The summed E-state index contributed by atoms with van der Waals surface area (Å²) in [5.41, 5.74) is 0. The monoisotopic (exact) mass is 313 g/mol. The van der Waals surface area contributed by atoms with Crippen molar-refractivity contribution in [3.63, 3.8) is 0 Å². The first-order valence-corrected chi connectivity index (χ1v) is 7.70. The highest BCUT2D eigenvalue weighted by molar-refractivity contribution is 9.10. The normalized spacial score (nSPS) is 16.1. The van der Waals surface area contributed by atoms with E-state index in [2.05, 4.69) is 21.2 Å². The second-order valence-electron chi connectivity index (χ2n) is 4.27. The summed E-state index contributed by atoms with van der Waals surface area (Å²) in [7, 11) is 0. The molecule has 1 aromatic rings. The van der Waals surface area contributed by atoms with E-state index in [1.54, 1.807) is 11.8 Å². The first-order valence-electron chi connectivity index (χ1n) is 5.92. The molecule has 0 bridgehead atoms. The summed E-state index contributed by atoms with van der Waals surface area (Å²) in [5.74, 6) is 0.650. The Morgan fingerprint density at radius 3 is 2.76 bits per heavy atom. The fraction of sp³-hybridized carbons (Fsp3) is 0.462. The number of benzene rings is 1. The predicted octanol–water partition coefficient (Wildman–Crippen LogP) is 3.60. The van der Waals surface area contributed by atoms with Crippen molar-refractivity contribution >= 4 is 33.6 Å². The number of nitrogens with one attached hydrogen (secondary N) is 1. The maximum atomic E-state index is 11.7. The summed E-state index contributed by atoms with van der Waals surface area (Å²) >= 11 is 5.06. The van der Waals surface area contributed by atoms with Gasteiger partial charge in [-0.1, -0.05) is 25.0 Å². The molecule has 0 spiro atoms. The fourth-order valence-corrected chi connectivity index (χ4v) is 3.42. The van der Waals surface area contributed by atoms with Crippen LogP contribution in [0.4, 0.5) is 0 Å². The molecule has 0 atom stereocenters. The van der Waals surface area contributed by atoms with E-state index in [0.717, 1.165) is 22.2 Å². The number of hydrogen-bond donors (Lipinski definition) is 1. The van der Waals surface area contributed by atoms with Crippen LogP contribution in [0.2, 0.25) is 0 Å². The molecule has 0 aromatic heterocycles. The highest BCUT2D eigenvalue weighted by atomic mass is 79.9. The van der Waals surface area contributed by atoms with Crippen LogP contribution in [0.3, 0.4) is 0 Å². The molecule has 1 amide bonds. The Balaban J connectivity index is 1.77. The third kappa shape index (κ3) is 4.03. The van der Waals surface area contributed by atoms with Gasteiger partial charge in [0.25, 0.3) is 0 Å². The summed E-state index contributed by atoms with van der Waals surface area (Å²) in [5, 5.41) is 3.09. The lowest BCUT2D eigenvalue weighted by Crippen LogP contribution is -2.33. The molecule has 0 aliphatic heterocycles. The van der Waals surface area contributed by atoms with Crippen molar-refractivity contribution in [3.8, 4) is 0 Å². The topological polar surface area (TPSA) is 29.1 Å². The molecule has 4 heteroatoms. The largest absolute Gasteiger partial charge is 0.353 e. The van der Waals surface area contributed by atoms with Gasteiger partial charge in [-0.05, 0) is 40.9 Å².